The molecule has 564 valence electrons. The largest absolute Gasteiger partial charge is 0.394 e. The number of amides is 1. The van der Waals surface area contributed by atoms with Gasteiger partial charge in [-0.25, -0.2) is 0 Å². The Morgan fingerprint density at radius 2 is 0.600 bits per heavy atom. The van der Waals surface area contributed by atoms with Crippen LogP contribution < -0.4 is 5.32 Å². The Labute approximate surface area is 576 Å². The van der Waals surface area contributed by atoms with Crippen molar-refractivity contribution in [3.63, 3.8) is 0 Å². The summed E-state index contributed by atoms with van der Waals surface area (Å²) in [5, 5.41) is 121. The second-order valence-electron chi connectivity index (χ2n) is 28.9. The highest BCUT2D eigenvalue weighted by atomic mass is 16.8. The van der Waals surface area contributed by atoms with Crippen LogP contribution in [0.25, 0.3) is 0 Å². The minimum atomic E-state index is -1.97. The van der Waals surface area contributed by atoms with Crippen molar-refractivity contribution in [1.29, 1.82) is 0 Å². The van der Waals surface area contributed by atoms with E-state index in [4.69, 9.17) is 28.4 Å². The number of aliphatic hydroxyl groups is 11. The minimum absolute atomic E-state index is 0.234. The van der Waals surface area contributed by atoms with Crippen LogP contribution in [0.15, 0.2) is 0 Å². The average Bonchev–Trinajstić information content (AvgIpc) is 0.787. The molecule has 0 aliphatic carbocycles. The molecule has 0 aromatic rings. The highest BCUT2D eigenvalue weighted by Gasteiger charge is 2.54. The zero-order valence-electron chi connectivity index (χ0n) is 60.2. The van der Waals surface area contributed by atoms with Gasteiger partial charge in [0, 0.05) is 6.42 Å². The maximum Gasteiger partial charge on any atom is 0.220 e. The summed E-state index contributed by atoms with van der Waals surface area (Å²) in [6, 6.07) is -0.882. The molecule has 19 nitrogen and oxygen atoms in total. The molecule has 3 saturated heterocycles. The van der Waals surface area contributed by atoms with Gasteiger partial charge in [-0.3, -0.25) is 4.79 Å². The van der Waals surface area contributed by atoms with E-state index in [2.05, 4.69) is 19.2 Å². The number of hydrogen-bond donors (Lipinski definition) is 12. The van der Waals surface area contributed by atoms with Crippen molar-refractivity contribution in [3.8, 4) is 0 Å². The van der Waals surface area contributed by atoms with Crippen LogP contribution in [0.1, 0.15) is 348 Å². The fourth-order valence-electron chi connectivity index (χ4n) is 14.0. The van der Waals surface area contributed by atoms with Gasteiger partial charge in [-0.1, -0.05) is 328 Å². The molecule has 17 unspecified atom stereocenters. The van der Waals surface area contributed by atoms with Crippen LogP contribution in [0, 0.1) is 0 Å². The molecule has 0 aromatic heterocycles. The number of aliphatic hydroxyl groups excluding tert-OH is 11. The van der Waals surface area contributed by atoms with Crippen LogP contribution in [0.2, 0.25) is 0 Å². The first kappa shape index (κ1) is 88.0. The van der Waals surface area contributed by atoms with Gasteiger partial charge >= 0.3 is 0 Å². The summed E-state index contributed by atoms with van der Waals surface area (Å²) in [5.41, 5.74) is 0. The fourth-order valence-corrected chi connectivity index (χ4v) is 14.0. The quantitative estimate of drug-likeness (QED) is 0.0252. The Hall–Kier alpha value is -1.21. The van der Waals surface area contributed by atoms with Crippen molar-refractivity contribution < 1.29 is 89.4 Å². The number of ether oxygens (including phenoxy) is 6. The Morgan fingerprint density at radius 1 is 0.337 bits per heavy atom. The smallest absolute Gasteiger partial charge is 0.220 e. The number of nitrogens with one attached hydrogen (secondary N) is 1. The molecule has 95 heavy (non-hydrogen) atoms. The SMILES string of the molecule is CCCCCCCCCCCCCCCCCCCCCCCCCCCCCCCCCCCC(O)C(COC1OC(CO)C(OC2OC(CO)C(OC3OC(CO)C(O)C(O)C3O)C(O)C2O)C(O)C1O)NC(=O)CCCCCCCCCCCCCCCCCCC. The summed E-state index contributed by atoms with van der Waals surface area (Å²) in [5.74, 6) is -0.234. The van der Waals surface area contributed by atoms with Gasteiger partial charge < -0.3 is 89.9 Å². The Balaban J connectivity index is 1.34. The van der Waals surface area contributed by atoms with E-state index in [-0.39, 0.29) is 18.9 Å². The standard InChI is InChI=1S/C76H147NO18/c1-3-5-7-9-11-13-15-17-19-21-22-23-24-25-26-27-28-29-30-31-32-33-34-35-36-38-39-41-43-45-47-49-51-53-60(81)59(77-64(82)54-52-50-48-46-44-42-40-37-20-18-16-14-12-10-8-6-4-2)58-90-74-70(88)67(85)72(62(56-79)92-74)95-76-71(89)68(86)73(63(57-80)93-76)94-75-69(87)66(84)65(83)61(55-78)91-75/h59-63,65-76,78-81,83-89H,3-58H2,1-2H3,(H,77,82). The molecule has 0 bridgehead atoms. The average molecular weight is 1360 g/mol. The van der Waals surface area contributed by atoms with Crippen molar-refractivity contribution in [3.05, 3.63) is 0 Å². The van der Waals surface area contributed by atoms with Gasteiger partial charge in [0.25, 0.3) is 0 Å². The first-order valence-corrected chi connectivity index (χ1v) is 39.8. The second-order valence-corrected chi connectivity index (χ2v) is 28.9. The number of unbranched alkanes of at least 4 members (excludes halogenated alkanes) is 48. The zero-order chi connectivity index (χ0) is 68.9. The summed E-state index contributed by atoms with van der Waals surface area (Å²) < 4.78 is 34.5. The second kappa shape index (κ2) is 58.3. The lowest BCUT2D eigenvalue weighted by atomic mass is 9.96. The summed E-state index contributed by atoms with van der Waals surface area (Å²) in [4.78, 5) is 13.5. The molecule has 0 aromatic carbocycles. The van der Waals surface area contributed by atoms with Crippen molar-refractivity contribution in [2.24, 2.45) is 0 Å². The predicted octanol–water partition coefficient (Wildman–Crippen LogP) is 12.6. The molecule has 3 heterocycles. The van der Waals surface area contributed by atoms with Crippen molar-refractivity contribution in [1.82, 2.24) is 5.32 Å². The van der Waals surface area contributed by atoms with Crippen LogP contribution in [0.4, 0.5) is 0 Å². The summed E-state index contributed by atoms with van der Waals surface area (Å²) in [7, 11) is 0. The molecular formula is C76H147NO18. The lowest BCUT2D eigenvalue weighted by Crippen LogP contribution is -2.66. The normalized spacial score (nSPS) is 27.1. The number of carbonyl (C=O) groups is 1. The van der Waals surface area contributed by atoms with E-state index in [1.165, 1.54) is 270 Å². The van der Waals surface area contributed by atoms with Gasteiger partial charge in [0.2, 0.25) is 5.91 Å². The number of carbonyl (C=O) groups excluding carboxylic acids is 1. The van der Waals surface area contributed by atoms with E-state index in [1.54, 1.807) is 0 Å². The lowest BCUT2D eigenvalue weighted by Gasteiger charge is -2.48. The summed E-state index contributed by atoms with van der Waals surface area (Å²) >= 11 is 0. The van der Waals surface area contributed by atoms with E-state index >= 15 is 0 Å². The molecule has 0 saturated carbocycles. The minimum Gasteiger partial charge on any atom is -0.394 e. The van der Waals surface area contributed by atoms with Gasteiger partial charge in [-0.05, 0) is 12.8 Å². The highest BCUT2D eigenvalue weighted by molar-refractivity contribution is 5.76. The van der Waals surface area contributed by atoms with Gasteiger partial charge in [-0.15, -0.1) is 0 Å². The van der Waals surface area contributed by atoms with E-state index in [9.17, 15) is 61.0 Å². The molecule has 12 N–H and O–H groups in total. The Bertz CT molecular complexity index is 1720. The molecule has 19 heteroatoms. The third-order valence-electron chi connectivity index (χ3n) is 20.4. The third-order valence-corrected chi connectivity index (χ3v) is 20.4. The molecule has 17 atom stereocenters. The fraction of sp³-hybridized carbons (Fsp3) is 0.987. The van der Waals surface area contributed by atoms with Crippen LogP contribution >= 0.6 is 0 Å². The molecule has 3 aliphatic heterocycles. The topological polar surface area (TPSA) is 307 Å². The number of rotatable bonds is 64. The van der Waals surface area contributed by atoms with Gasteiger partial charge in [-0.2, -0.15) is 0 Å². The predicted molar refractivity (Wildman–Crippen MR) is 374 cm³/mol. The van der Waals surface area contributed by atoms with E-state index in [0.717, 1.165) is 44.9 Å². The van der Waals surface area contributed by atoms with Crippen molar-refractivity contribution in [2.45, 2.75) is 452 Å². The van der Waals surface area contributed by atoms with Gasteiger partial charge in [0.1, 0.15) is 73.2 Å². The Kier molecular flexibility index (Phi) is 54.0. The van der Waals surface area contributed by atoms with E-state index in [0.29, 0.717) is 12.8 Å². The first-order chi connectivity index (χ1) is 46.3. The lowest BCUT2D eigenvalue weighted by molar-refractivity contribution is -0.379. The van der Waals surface area contributed by atoms with Crippen molar-refractivity contribution >= 4 is 5.91 Å². The zero-order valence-corrected chi connectivity index (χ0v) is 60.2. The first-order valence-electron chi connectivity index (χ1n) is 39.8. The maximum atomic E-state index is 13.5. The molecule has 1 amide bonds. The highest BCUT2D eigenvalue weighted by Crippen LogP contribution is 2.33. The maximum absolute atomic E-state index is 13.5. The van der Waals surface area contributed by atoms with E-state index < -0.39 is 124 Å². The summed E-state index contributed by atoms with van der Waals surface area (Å²) in [6.45, 7) is 1.86. The van der Waals surface area contributed by atoms with Gasteiger partial charge in [0.05, 0.1) is 38.6 Å². The van der Waals surface area contributed by atoms with Crippen LogP contribution in [0.5, 0.6) is 0 Å². The summed E-state index contributed by atoms with van der Waals surface area (Å²) in [6.07, 6.45) is 39.2. The van der Waals surface area contributed by atoms with Crippen LogP contribution in [-0.4, -0.2) is 193 Å². The van der Waals surface area contributed by atoms with E-state index in [1.807, 2.05) is 0 Å². The third kappa shape index (κ3) is 39.1. The molecule has 3 rings (SSSR count). The van der Waals surface area contributed by atoms with Crippen molar-refractivity contribution in [2.75, 3.05) is 26.4 Å². The molecule has 0 spiro atoms. The molecular weight excluding hydrogens is 1210 g/mol. The Morgan fingerprint density at radius 3 is 0.916 bits per heavy atom. The van der Waals surface area contributed by atoms with Crippen LogP contribution in [0.3, 0.4) is 0 Å². The molecule has 0 radical (unpaired) electrons. The number of hydrogen-bond acceptors (Lipinski definition) is 18. The van der Waals surface area contributed by atoms with Gasteiger partial charge in [0.15, 0.2) is 18.9 Å². The molecule has 3 fully saturated rings. The van der Waals surface area contributed by atoms with Crippen LogP contribution in [-0.2, 0) is 33.2 Å². The molecule has 3 aliphatic rings. The monoisotopic (exact) mass is 1360 g/mol.